The molecule has 1 amide bonds. The Morgan fingerprint density at radius 1 is 1.06 bits per heavy atom. The Morgan fingerprint density at radius 2 is 1.76 bits per heavy atom. The van der Waals surface area contributed by atoms with Crippen LogP contribution in [0.25, 0.3) is 5.69 Å². The molecule has 2 unspecified atom stereocenters. The van der Waals surface area contributed by atoms with Crippen molar-refractivity contribution in [3.05, 3.63) is 66.0 Å². The van der Waals surface area contributed by atoms with Gasteiger partial charge >= 0.3 is 0 Å². The topological polar surface area (TPSA) is 69.5 Å². The summed E-state index contributed by atoms with van der Waals surface area (Å²) in [6, 6.07) is 18.1. The Bertz CT molecular complexity index is 1050. The second-order valence-corrected chi connectivity index (χ2v) is 9.11. The van der Waals surface area contributed by atoms with Crippen LogP contribution in [0.2, 0.25) is 0 Å². The van der Waals surface area contributed by atoms with Gasteiger partial charge in [-0.25, -0.2) is 0 Å². The number of ether oxygens (including phenoxy) is 2. The first-order chi connectivity index (χ1) is 16.0. The van der Waals surface area contributed by atoms with Gasteiger partial charge in [0.15, 0.2) is 5.16 Å². The third-order valence-electron chi connectivity index (χ3n) is 5.41. The number of aromatic nitrogens is 3. The summed E-state index contributed by atoms with van der Waals surface area (Å²) < 4.78 is 13.4. The molecular formula is C25H30N4O3S. The summed E-state index contributed by atoms with van der Waals surface area (Å²) in [5.41, 5.74) is 2.10. The summed E-state index contributed by atoms with van der Waals surface area (Å²) in [4.78, 5) is 14.8. The molecule has 2 atom stereocenters. The molecule has 4 rings (SSSR count). The molecule has 2 aromatic carbocycles. The van der Waals surface area contributed by atoms with Gasteiger partial charge in [-0.1, -0.05) is 42.1 Å². The molecule has 7 nitrogen and oxygen atoms in total. The van der Waals surface area contributed by atoms with Crippen LogP contribution < -0.4 is 4.74 Å². The Kier molecular flexibility index (Phi) is 7.67. The van der Waals surface area contributed by atoms with Gasteiger partial charge in [0, 0.05) is 25.2 Å². The SMILES string of the molecule is CCOc1ccc(-n2c(Cc3ccccc3)nnc2SCC(=O)N2CC(C)OC(C)C2)cc1. The van der Waals surface area contributed by atoms with Crippen LogP contribution in [0.15, 0.2) is 59.8 Å². The van der Waals surface area contributed by atoms with E-state index in [1.165, 1.54) is 11.8 Å². The number of hydrogen-bond donors (Lipinski definition) is 0. The van der Waals surface area contributed by atoms with Gasteiger partial charge in [0.05, 0.1) is 24.6 Å². The highest BCUT2D eigenvalue weighted by molar-refractivity contribution is 7.99. The maximum absolute atomic E-state index is 12.9. The van der Waals surface area contributed by atoms with Crippen molar-refractivity contribution < 1.29 is 14.3 Å². The van der Waals surface area contributed by atoms with E-state index >= 15 is 0 Å². The lowest BCUT2D eigenvalue weighted by Gasteiger charge is -2.35. The molecule has 1 aliphatic rings. The lowest BCUT2D eigenvalue weighted by atomic mass is 10.1. The molecule has 0 bridgehead atoms. The zero-order chi connectivity index (χ0) is 23.2. The summed E-state index contributed by atoms with van der Waals surface area (Å²) in [5.74, 6) is 2.04. The van der Waals surface area contributed by atoms with Gasteiger partial charge in [0.2, 0.25) is 5.91 Å². The highest BCUT2D eigenvalue weighted by Crippen LogP contribution is 2.26. The van der Waals surface area contributed by atoms with E-state index in [1.54, 1.807) is 0 Å². The molecule has 3 aromatic rings. The molecule has 0 aliphatic carbocycles. The van der Waals surface area contributed by atoms with Crippen molar-refractivity contribution in [3.63, 3.8) is 0 Å². The number of nitrogens with zero attached hydrogens (tertiary/aromatic N) is 4. The third kappa shape index (κ3) is 5.94. The Balaban J connectivity index is 1.56. The molecule has 1 saturated heterocycles. The molecule has 1 aliphatic heterocycles. The van der Waals surface area contributed by atoms with Crippen LogP contribution in [0.3, 0.4) is 0 Å². The summed E-state index contributed by atoms with van der Waals surface area (Å²) in [7, 11) is 0. The standard InChI is InChI=1S/C25H30N4O3S/c1-4-31-22-12-10-21(11-13-22)29-23(14-20-8-6-5-7-9-20)26-27-25(29)33-17-24(30)28-15-18(2)32-19(3)16-28/h5-13,18-19H,4,14-17H2,1-3H3. The van der Waals surface area contributed by atoms with Gasteiger partial charge in [-0.3, -0.25) is 9.36 Å². The number of amides is 1. The van der Waals surface area contributed by atoms with E-state index in [0.717, 1.165) is 22.8 Å². The van der Waals surface area contributed by atoms with E-state index in [9.17, 15) is 4.79 Å². The highest BCUT2D eigenvalue weighted by Gasteiger charge is 2.26. The molecule has 2 heterocycles. The first-order valence-corrected chi connectivity index (χ1v) is 12.3. The minimum absolute atomic E-state index is 0.0488. The number of thioether (sulfide) groups is 1. The molecule has 0 N–H and O–H groups in total. The van der Waals surface area contributed by atoms with E-state index in [1.807, 2.05) is 72.7 Å². The molecule has 1 aromatic heterocycles. The molecular weight excluding hydrogens is 436 g/mol. The lowest BCUT2D eigenvalue weighted by Crippen LogP contribution is -2.48. The van der Waals surface area contributed by atoms with Gasteiger partial charge in [-0.2, -0.15) is 0 Å². The quantitative estimate of drug-likeness (QED) is 0.468. The lowest BCUT2D eigenvalue weighted by molar-refractivity contribution is -0.140. The smallest absolute Gasteiger partial charge is 0.233 e. The van der Waals surface area contributed by atoms with E-state index in [0.29, 0.717) is 37.0 Å². The predicted molar refractivity (Wildman–Crippen MR) is 129 cm³/mol. The van der Waals surface area contributed by atoms with E-state index in [2.05, 4.69) is 22.3 Å². The van der Waals surface area contributed by atoms with E-state index in [4.69, 9.17) is 9.47 Å². The number of hydrogen-bond acceptors (Lipinski definition) is 6. The van der Waals surface area contributed by atoms with Gasteiger partial charge in [0.1, 0.15) is 11.6 Å². The van der Waals surface area contributed by atoms with E-state index in [-0.39, 0.29) is 18.1 Å². The normalized spacial score (nSPS) is 18.3. The van der Waals surface area contributed by atoms with Crippen molar-refractivity contribution in [2.24, 2.45) is 0 Å². The van der Waals surface area contributed by atoms with Crippen LogP contribution in [0.4, 0.5) is 0 Å². The van der Waals surface area contributed by atoms with Crippen LogP contribution in [0.1, 0.15) is 32.2 Å². The molecule has 0 spiro atoms. The van der Waals surface area contributed by atoms with Crippen LogP contribution in [0, 0.1) is 0 Å². The fraction of sp³-hybridized carbons (Fsp3) is 0.400. The molecule has 0 saturated carbocycles. The predicted octanol–water partition coefficient (Wildman–Crippen LogP) is 3.98. The summed E-state index contributed by atoms with van der Waals surface area (Å²) in [6.07, 6.45) is 0.744. The first kappa shape index (κ1) is 23.3. The fourth-order valence-electron chi connectivity index (χ4n) is 4.00. The van der Waals surface area contributed by atoms with E-state index < -0.39 is 0 Å². The van der Waals surface area contributed by atoms with Crippen molar-refractivity contribution in [2.75, 3.05) is 25.4 Å². The maximum Gasteiger partial charge on any atom is 0.233 e. The summed E-state index contributed by atoms with van der Waals surface area (Å²) in [5, 5.41) is 9.62. The largest absolute Gasteiger partial charge is 0.494 e. The zero-order valence-corrected chi connectivity index (χ0v) is 20.1. The van der Waals surface area contributed by atoms with Gasteiger partial charge in [0.25, 0.3) is 0 Å². The van der Waals surface area contributed by atoms with Crippen molar-refractivity contribution in [2.45, 2.75) is 44.6 Å². The zero-order valence-electron chi connectivity index (χ0n) is 19.3. The van der Waals surface area contributed by atoms with Crippen molar-refractivity contribution in [3.8, 4) is 11.4 Å². The first-order valence-electron chi connectivity index (χ1n) is 11.3. The van der Waals surface area contributed by atoms with Gasteiger partial charge < -0.3 is 14.4 Å². The molecule has 8 heteroatoms. The fourth-order valence-corrected chi connectivity index (χ4v) is 4.88. The molecule has 0 radical (unpaired) electrons. The van der Waals surface area contributed by atoms with Crippen molar-refractivity contribution >= 4 is 17.7 Å². The minimum atomic E-state index is 0.0488. The number of benzene rings is 2. The number of morpholine rings is 1. The Morgan fingerprint density at radius 3 is 2.42 bits per heavy atom. The average Bonchev–Trinajstić information content (AvgIpc) is 3.20. The molecule has 33 heavy (non-hydrogen) atoms. The Labute approximate surface area is 199 Å². The number of rotatable bonds is 8. The molecule has 174 valence electrons. The number of carbonyl (C=O) groups excluding carboxylic acids is 1. The van der Waals surface area contributed by atoms with Crippen molar-refractivity contribution in [1.82, 2.24) is 19.7 Å². The monoisotopic (exact) mass is 466 g/mol. The van der Waals surface area contributed by atoms with Crippen molar-refractivity contribution in [1.29, 1.82) is 0 Å². The second kappa shape index (κ2) is 10.9. The summed E-state index contributed by atoms with van der Waals surface area (Å²) in [6.45, 7) is 7.83. The van der Waals surface area contributed by atoms with Crippen LogP contribution >= 0.6 is 11.8 Å². The average molecular weight is 467 g/mol. The van der Waals surface area contributed by atoms with Gasteiger partial charge in [-0.15, -0.1) is 10.2 Å². The van der Waals surface area contributed by atoms with Crippen LogP contribution in [-0.4, -0.2) is 63.2 Å². The number of carbonyl (C=O) groups is 1. The Hall–Kier alpha value is -2.84. The van der Waals surface area contributed by atoms with Crippen LogP contribution in [0.5, 0.6) is 5.75 Å². The van der Waals surface area contributed by atoms with Gasteiger partial charge in [-0.05, 0) is 50.6 Å². The minimum Gasteiger partial charge on any atom is -0.494 e. The maximum atomic E-state index is 12.9. The molecule has 1 fully saturated rings. The third-order valence-corrected chi connectivity index (χ3v) is 6.32. The summed E-state index contributed by atoms with van der Waals surface area (Å²) >= 11 is 1.42. The van der Waals surface area contributed by atoms with Crippen LogP contribution in [-0.2, 0) is 16.0 Å². The second-order valence-electron chi connectivity index (χ2n) is 8.17. The highest BCUT2D eigenvalue weighted by atomic mass is 32.2.